The summed E-state index contributed by atoms with van der Waals surface area (Å²) in [5.74, 6) is 1.07. The minimum absolute atomic E-state index is 0.154. The van der Waals surface area contributed by atoms with Gasteiger partial charge in [-0.2, -0.15) is 25.6 Å². The highest BCUT2D eigenvalue weighted by molar-refractivity contribution is 5.76. The molecule has 0 bridgehead atoms. The van der Waals surface area contributed by atoms with E-state index in [4.69, 9.17) is 5.26 Å². The van der Waals surface area contributed by atoms with E-state index in [1.807, 2.05) is 0 Å². The predicted molar refractivity (Wildman–Crippen MR) is 130 cm³/mol. The Labute approximate surface area is 206 Å². The van der Waals surface area contributed by atoms with Crippen LogP contribution in [0.1, 0.15) is 27.9 Å². The molecule has 36 heavy (non-hydrogen) atoms. The fraction of sp³-hybridized carbons (Fsp3) is 0.125. The van der Waals surface area contributed by atoms with Gasteiger partial charge in [-0.05, 0) is 44.2 Å². The maximum Gasteiger partial charge on any atom is 0.252 e. The van der Waals surface area contributed by atoms with Gasteiger partial charge in [-0.15, -0.1) is 10.2 Å². The second-order valence-electron chi connectivity index (χ2n) is 7.39. The second kappa shape index (κ2) is 10.1. The Bertz CT molecular complexity index is 1580. The molecule has 4 rings (SSSR count). The number of hydrogen-bond acceptors (Lipinski definition) is 11. The maximum atomic E-state index is 9.87. The van der Waals surface area contributed by atoms with E-state index in [0.29, 0.717) is 39.8 Å². The fourth-order valence-corrected chi connectivity index (χ4v) is 3.36. The third-order valence-corrected chi connectivity index (χ3v) is 5.17. The van der Waals surface area contributed by atoms with Gasteiger partial charge in [0.25, 0.3) is 5.95 Å². The molecule has 0 atom stereocenters. The largest absolute Gasteiger partial charge is 0.371 e. The van der Waals surface area contributed by atoms with Crippen molar-refractivity contribution in [2.45, 2.75) is 13.8 Å². The first-order valence-corrected chi connectivity index (χ1v) is 10.6. The van der Waals surface area contributed by atoms with E-state index in [-0.39, 0.29) is 22.9 Å². The fourth-order valence-electron chi connectivity index (χ4n) is 3.36. The van der Waals surface area contributed by atoms with E-state index in [1.165, 1.54) is 4.68 Å². The minimum atomic E-state index is 0.154. The molecule has 0 amide bonds. The second-order valence-corrected chi connectivity index (χ2v) is 7.39. The van der Waals surface area contributed by atoms with Gasteiger partial charge in [0.1, 0.15) is 23.4 Å². The molecule has 3 aromatic heterocycles. The van der Waals surface area contributed by atoms with Gasteiger partial charge in [0.2, 0.25) is 0 Å². The highest BCUT2D eigenvalue weighted by atomic mass is 15.4. The molecule has 174 valence electrons. The van der Waals surface area contributed by atoms with E-state index in [0.717, 1.165) is 0 Å². The molecule has 0 aliphatic carbocycles. The number of aromatic nitrogens is 5. The van der Waals surface area contributed by atoms with Crippen molar-refractivity contribution in [3.63, 3.8) is 0 Å². The van der Waals surface area contributed by atoms with E-state index in [9.17, 15) is 10.5 Å². The van der Waals surface area contributed by atoms with Crippen molar-refractivity contribution >= 4 is 28.8 Å². The summed E-state index contributed by atoms with van der Waals surface area (Å²) >= 11 is 0. The number of aryl methyl sites for hydroxylation is 1. The zero-order valence-corrected chi connectivity index (χ0v) is 19.5. The zero-order valence-electron chi connectivity index (χ0n) is 19.5. The highest BCUT2D eigenvalue weighted by Gasteiger charge is 2.20. The normalized spacial score (nSPS) is 10.4. The van der Waals surface area contributed by atoms with Crippen LogP contribution < -0.4 is 10.6 Å². The summed E-state index contributed by atoms with van der Waals surface area (Å²) in [4.78, 5) is 12.9. The Morgan fingerprint density at radius 1 is 0.889 bits per heavy atom. The van der Waals surface area contributed by atoms with E-state index in [2.05, 4.69) is 59.1 Å². The SMILES string of the molecule is CNc1nc(Nc2ccc(C#N)cc2)c(C#N)c(C)c1/N=N/c1c(C#N)c(C)nn1-c1ncccn1. The number of nitrogens with zero attached hydrogens (tertiary/aromatic N) is 10. The Hall–Kier alpha value is -5.67. The van der Waals surface area contributed by atoms with Gasteiger partial charge in [0, 0.05) is 30.7 Å². The summed E-state index contributed by atoms with van der Waals surface area (Å²) in [5.41, 5.74) is 2.96. The van der Waals surface area contributed by atoms with E-state index in [1.54, 1.807) is 63.6 Å². The standard InChI is InChI=1S/C24H18N12/c1-14-18(12-26)21(31-17-7-5-16(11-25)6-8-17)32-22(28-3)20(14)33-34-23-19(13-27)15(2)35-36(23)24-29-9-4-10-30-24/h4-10H,1-3H3,(H2,28,31,32)/b34-33+. The van der Waals surface area contributed by atoms with Crippen LogP contribution in [0.5, 0.6) is 0 Å². The quantitative estimate of drug-likeness (QED) is 0.381. The van der Waals surface area contributed by atoms with Gasteiger partial charge in [-0.25, -0.2) is 15.0 Å². The average Bonchev–Trinajstić information content (AvgIpc) is 3.23. The van der Waals surface area contributed by atoms with Crippen LogP contribution in [0.4, 0.5) is 28.8 Å². The Kier molecular flexibility index (Phi) is 6.57. The van der Waals surface area contributed by atoms with Crippen molar-refractivity contribution in [1.29, 1.82) is 15.8 Å². The van der Waals surface area contributed by atoms with Crippen LogP contribution in [0.25, 0.3) is 5.95 Å². The van der Waals surface area contributed by atoms with Gasteiger partial charge >= 0.3 is 0 Å². The van der Waals surface area contributed by atoms with E-state index < -0.39 is 0 Å². The van der Waals surface area contributed by atoms with Crippen molar-refractivity contribution in [2.75, 3.05) is 17.7 Å². The Morgan fingerprint density at radius 2 is 1.58 bits per heavy atom. The first kappa shape index (κ1) is 23.5. The molecule has 0 radical (unpaired) electrons. The molecule has 12 heteroatoms. The third-order valence-electron chi connectivity index (χ3n) is 5.17. The minimum Gasteiger partial charge on any atom is -0.371 e. The van der Waals surface area contributed by atoms with Crippen LogP contribution in [-0.2, 0) is 0 Å². The molecule has 4 aromatic rings. The molecule has 2 N–H and O–H groups in total. The van der Waals surface area contributed by atoms with Crippen LogP contribution in [0, 0.1) is 47.8 Å². The van der Waals surface area contributed by atoms with Gasteiger partial charge < -0.3 is 10.6 Å². The van der Waals surface area contributed by atoms with Crippen molar-refractivity contribution in [3.05, 3.63) is 70.7 Å². The van der Waals surface area contributed by atoms with Crippen LogP contribution in [0.15, 0.2) is 53.0 Å². The number of benzene rings is 1. The van der Waals surface area contributed by atoms with Gasteiger partial charge in [-0.1, -0.05) is 0 Å². The van der Waals surface area contributed by atoms with Crippen LogP contribution in [0.2, 0.25) is 0 Å². The molecule has 0 aliphatic rings. The molecular formula is C24H18N12. The molecule has 0 saturated carbocycles. The summed E-state index contributed by atoms with van der Waals surface area (Å²) in [6, 6.07) is 14.8. The Balaban J connectivity index is 1.79. The average molecular weight is 474 g/mol. The number of hydrogen-bond donors (Lipinski definition) is 2. The number of nitrogens with one attached hydrogen (secondary N) is 2. The maximum absolute atomic E-state index is 9.87. The summed E-state index contributed by atoms with van der Waals surface area (Å²) in [7, 11) is 1.67. The first-order chi connectivity index (χ1) is 17.5. The number of rotatable bonds is 6. The van der Waals surface area contributed by atoms with Crippen molar-refractivity contribution in [1.82, 2.24) is 24.7 Å². The van der Waals surface area contributed by atoms with Gasteiger partial charge in [0.15, 0.2) is 17.5 Å². The molecular weight excluding hydrogens is 456 g/mol. The molecule has 0 spiro atoms. The smallest absolute Gasteiger partial charge is 0.252 e. The Morgan fingerprint density at radius 3 is 2.19 bits per heavy atom. The molecule has 0 unspecified atom stereocenters. The lowest BCUT2D eigenvalue weighted by Crippen LogP contribution is -2.04. The lowest BCUT2D eigenvalue weighted by atomic mass is 10.1. The topological polar surface area (TPSA) is 177 Å². The lowest BCUT2D eigenvalue weighted by molar-refractivity contribution is 0.792. The summed E-state index contributed by atoms with van der Waals surface area (Å²) < 4.78 is 1.34. The number of azo groups is 1. The third kappa shape index (κ3) is 4.40. The van der Waals surface area contributed by atoms with Crippen molar-refractivity contribution in [3.8, 4) is 24.2 Å². The number of pyridine rings is 1. The zero-order chi connectivity index (χ0) is 25.7. The lowest BCUT2D eigenvalue weighted by Gasteiger charge is -2.14. The van der Waals surface area contributed by atoms with Crippen LogP contribution in [0.3, 0.4) is 0 Å². The molecule has 12 nitrogen and oxygen atoms in total. The predicted octanol–water partition coefficient (Wildman–Crippen LogP) is 4.49. The van der Waals surface area contributed by atoms with E-state index >= 15 is 0 Å². The summed E-state index contributed by atoms with van der Waals surface area (Å²) in [6.45, 7) is 3.41. The highest BCUT2D eigenvalue weighted by Crippen LogP contribution is 2.36. The summed E-state index contributed by atoms with van der Waals surface area (Å²) in [5, 5.41) is 47.6. The monoisotopic (exact) mass is 474 g/mol. The van der Waals surface area contributed by atoms with Crippen LogP contribution in [-0.4, -0.2) is 31.8 Å². The first-order valence-electron chi connectivity index (χ1n) is 10.6. The molecule has 0 fully saturated rings. The molecule has 0 aliphatic heterocycles. The van der Waals surface area contributed by atoms with Gasteiger partial charge in [-0.3, -0.25) is 0 Å². The van der Waals surface area contributed by atoms with Crippen molar-refractivity contribution in [2.24, 2.45) is 10.2 Å². The molecule has 1 aromatic carbocycles. The van der Waals surface area contributed by atoms with Gasteiger partial charge in [0.05, 0.1) is 22.9 Å². The number of anilines is 3. The van der Waals surface area contributed by atoms with Crippen LogP contribution >= 0.6 is 0 Å². The number of nitriles is 3. The molecule has 0 saturated heterocycles. The van der Waals surface area contributed by atoms with Crippen molar-refractivity contribution < 1.29 is 0 Å². The molecule has 3 heterocycles. The summed E-state index contributed by atoms with van der Waals surface area (Å²) in [6.07, 6.45) is 3.11.